The van der Waals surface area contributed by atoms with Gasteiger partial charge in [0, 0.05) is 5.92 Å². The average molecular weight is 399 g/mol. The Morgan fingerprint density at radius 1 is 1.24 bits per heavy atom. The fraction of sp³-hybridized carbons (Fsp3) is 0.560. The Balaban J connectivity index is 1.83. The molecule has 1 N–H and O–H groups in total. The van der Waals surface area contributed by atoms with Crippen LogP contribution in [0.3, 0.4) is 0 Å². The number of aliphatic hydroxyl groups excluding tert-OH is 1. The predicted octanol–water partition coefficient (Wildman–Crippen LogP) is 4.96. The van der Waals surface area contributed by atoms with Crippen LogP contribution in [0.25, 0.3) is 0 Å². The second kappa shape index (κ2) is 8.95. The van der Waals surface area contributed by atoms with E-state index in [1.165, 1.54) is 16.7 Å². The molecule has 3 rings (SSSR count). The Morgan fingerprint density at radius 2 is 2.00 bits per heavy atom. The van der Waals surface area contributed by atoms with E-state index in [1.807, 2.05) is 25.2 Å². The molecule has 1 aliphatic carbocycles. The van der Waals surface area contributed by atoms with E-state index < -0.39 is 11.9 Å². The molecule has 2 aliphatic heterocycles. The molecule has 0 fully saturated rings. The van der Waals surface area contributed by atoms with E-state index in [4.69, 9.17) is 9.47 Å². The molecule has 4 heteroatoms. The number of carbonyl (C=O) groups is 1. The van der Waals surface area contributed by atoms with Crippen molar-refractivity contribution < 1.29 is 19.4 Å². The zero-order valence-electron chi connectivity index (χ0n) is 18.3. The molecule has 0 bridgehead atoms. The number of rotatable bonds is 5. The van der Waals surface area contributed by atoms with Gasteiger partial charge in [-0.2, -0.15) is 0 Å². The molecule has 0 saturated carbocycles. The molecule has 0 aromatic heterocycles. The van der Waals surface area contributed by atoms with Gasteiger partial charge in [0.1, 0.15) is 6.29 Å². The Morgan fingerprint density at radius 3 is 2.69 bits per heavy atom. The number of aliphatic hydroxyl groups is 1. The smallest absolute Gasteiger partial charge is 0.210 e. The van der Waals surface area contributed by atoms with Crippen molar-refractivity contribution in [1.29, 1.82) is 0 Å². The molecule has 158 valence electrons. The van der Waals surface area contributed by atoms with Gasteiger partial charge in [0.25, 0.3) is 0 Å². The standard InChI is InChI=1S/C25H34O4/c1-16(2)7-6-8-17(3)9-21-10-18(4)13-25(28-21)14-20(15-26)22-12-23(27)19(5)11-24(22)29-25/h7,9,11,13-15,21-24,27H,6,8,10,12H2,1-5H3/b17-9+/t21-,22-,23-,24+,25+/m1/s1. The summed E-state index contributed by atoms with van der Waals surface area (Å²) in [5, 5.41) is 10.2. The van der Waals surface area contributed by atoms with Crippen molar-refractivity contribution in [3.63, 3.8) is 0 Å². The summed E-state index contributed by atoms with van der Waals surface area (Å²) in [6, 6.07) is 0. The lowest BCUT2D eigenvalue weighted by molar-refractivity contribution is -0.225. The SMILES string of the molecule is CC(C)=CCC/C(C)=C/[C@@H]1CC(C)=C[C@]2(C=C(C=O)[C@H]3C[C@@H](O)C(C)=C[C@@H]3O2)O1. The highest BCUT2D eigenvalue weighted by Gasteiger charge is 2.45. The van der Waals surface area contributed by atoms with Gasteiger partial charge in [0.15, 0.2) is 0 Å². The van der Waals surface area contributed by atoms with Crippen LogP contribution in [0.5, 0.6) is 0 Å². The van der Waals surface area contributed by atoms with Crippen molar-refractivity contribution in [1.82, 2.24) is 0 Å². The third-order valence-corrected chi connectivity index (χ3v) is 5.95. The lowest BCUT2D eigenvalue weighted by atomic mass is 9.78. The summed E-state index contributed by atoms with van der Waals surface area (Å²) in [7, 11) is 0. The molecular weight excluding hydrogens is 364 g/mol. The van der Waals surface area contributed by atoms with E-state index in [1.54, 1.807) is 0 Å². The first kappa shape index (κ1) is 21.9. The molecule has 3 aliphatic rings. The maximum absolute atomic E-state index is 11.8. The van der Waals surface area contributed by atoms with Crippen molar-refractivity contribution in [3.05, 3.63) is 58.2 Å². The van der Waals surface area contributed by atoms with Gasteiger partial charge < -0.3 is 14.6 Å². The van der Waals surface area contributed by atoms with Gasteiger partial charge in [-0.05, 0) is 83.6 Å². The van der Waals surface area contributed by atoms with Crippen LogP contribution in [0.4, 0.5) is 0 Å². The number of allylic oxidation sites excluding steroid dienone is 3. The fourth-order valence-electron chi connectivity index (χ4n) is 4.45. The molecule has 0 amide bonds. The quantitative estimate of drug-likeness (QED) is 0.525. The first-order valence-corrected chi connectivity index (χ1v) is 10.6. The normalized spacial score (nSPS) is 34.7. The first-order chi connectivity index (χ1) is 13.7. The lowest BCUT2D eigenvalue weighted by Crippen LogP contribution is -2.49. The highest BCUT2D eigenvalue weighted by Crippen LogP contribution is 2.42. The number of carbonyl (C=O) groups excluding carboxylic acids is 1. The third kappa shape index (κ3) is 5.25. The molecule has 4 nitrogen and oxygen atoms in total. The monoisotopic (exact) mass is 398 g/mol. The van der Waals surface area contributed by atoms with Crippen LogP contribution in [0, 0.1) is 5.92 Å². The van der Waals surface area contributed by atoms with Crippen LogP contribution in [0.1, 0.15) is 60.3 Å². The van der Waals surface area contributed by atoms with E-state index in [2.05, 4.69) is 39.8 Å². The van der Waals surface area contributed by atoms with Crippen molar-refractivity contribution in [3.8, 4) is 0 Å². The average Bonchev–Trinajstić information content (AvgIpc) is 2.61. The summed E-state index contributed by atoms with van der Waals surface area (Å²) >= 11 is 0. The van der Waals surface area contributed by atoms with Gasteiger partial charge in [0.05, 0.1) is 18.3 Å². The van der Waals surface area contributed by atoms with Crippen LogP contribution >= 0.6 is 0 Å². The number of ether oxygens (including phenoxy) is 2. The van der Waals surface area contributed by atoms with Crippen LogP contribution in [0.2, 0.25) is 0 Å². The lowest BCUT2D eigenvalue weighted by Gasteiger charge is -2.45. The second-order valence-electron chi connectivity index (χ2n) is 9.02. The van der Waals surface area contributed by atoms with E-state index in [9.17, 15) is 9.90 Å². The highest BCUT2D eigenvalue weighted by molar-refractivity contribution is 5.75. The minimum atomic E-state index is -1.03. The molecule has 0 aromatic carbocycles. The van der Waals surface area contributed by atoms with Gasteiger partial charge in [-0.25, -0.2) is 0 Å². The maximum atomic E-state index is 11.8. The fourth-order valence-corrected chi connectivity index (χ4v) is 4.45. The van der Waals surface area contributed by atoms with Crippen molar-refractivity contribution in [2.75, 3.05) is 0 Å². The van der Waals surface area contributed by atoms with Crippen LogP contribution in [-0.2, 0) is 14.3 Å². The van der Waals surface area contributed by atoms with E-state index in [0.29, 0.717) is 12.0 Å². The maximum Gasteiger partial charge on any atom is 0.210 e. The second-order valence-corrected chi connectivity index (χ2v) is 9.02. The number of hydrogen-bond donors (Lipinski definition) is 1. The highest BCUT2D eigenvalue weighted by atomic mass is 16.7. The molecule has 0 unspecified atom stereocenters. The largest absolute Gasteiger partial charge is 0.389 e. The molecule has 0 aromatic rings. The van der Waals surface area contributed by atoms with Crippen LogP contribution in [0.15, 0.2) is 58.2 Å². The third-order valence-electron chi connectivity index (χ3n) is 5.95. The predicted molar refractivity (Wildman–Crippen MR) is 115 cm³/mol. The van der Waals surface area contributed by atoms with Gasteiger partial charge in [0.2, 0.25) is 5.79 Å². The van der Waals surface area contributed by atoms with Gasteiger partial charge in [-0.15, -0.1) is 0 Å². The molecule has 1 spiro atoms. The van der Waals surface area contributed by atoms with Crippen molar-refractivity contribution in [2.24, 2.45) is 5.92 Å². The Labute approximate surface area is 174 Å². The summed E-state index contributed by atoms with van der Waals surface area (Å²) in [6.45, 7) is 10.4. The minimum absolute atomic E-state index is 0.0911. The molecule has 0 saturated heterocycles. The van der Waals surface area contributed by atoms with Gasteiger partial charge in [-0.1, -0.05) is 34.9 Å². The van der Waals surface area contributed by atoms with E-state index in [-0.39, 0.29) is 18.1 Å². The summed E-state index contributed by atoms with van der Waals surface area (Å²) in [6.07, 6.45) is 13.5. The Kier molecular flexibility index (Phi) is 6.77. The number of fused-ring (bicyclic) bond motifs is 1. The van der Waals surface area contributed by atoms with E-state index >= 15 is 0 Å². The zero-order valence-corrected chi connectivity index (χ0v) is 18.3. The summed E-state index contributed by atoms with van der Waals surface area (Å²) in [4.78, 5) is 11.8. The molecule has 0 radical (unpaired) electrons. The molecule has 29 heavy (non-hydrogen) atoms. The Hall–Kier alpha value is -1.75. The van der Waals surface area contributed by atoms with Crippen molar-refractivity contribution >= 4 is 6.29 Å². The van der Waals surface area contributed by atoms with Crippen LogP contribution in [-0.4, -0.2) is 35.5 Å². The first-order valence-electron chi connectivity index (χ1n) is 10.6. The zero-order chi connectivity index (χ0) is 21.2. The summed E-state index contributed by atoms with van der Waals surface area (Å²) < 4.78 is 12.8. The number of hydrogen-bond acceptors (Lipinski definition) is 4. The number of aldehydes is 1. The van der Waals surface area contributed by atoms with E-state index in [0.717, 1.165) is 31.1 Å². The van der Waals surface area contributed by atoms with Crippen molar-refractivity contribution in [2.45, 2.75) is 84.4 Å². The van der Waals surface area contributed by atoms with Gasteiger partial charge in [-0.3, -0.25) is 4.79 Å². The molecule has 5 atom stereocenters. The molecule has 2 heterocycles. The minimum Gasteiger partial charge on any atom is -0.389 e. The summed E-state index contributed by atoms with van der Waals surface area (Å²) in [5.41, 5.74) is 5.35. The van der Waals surface area contributed by atoms with Crippen LogP contribution < -0.4 is 0 Å². The topological polar surface area (TPSA) is 55.8 Å². The summed E-state index contributed by atoms with van der Waals surface area (Å²) in [5.74, 6) is -1.16. The van der Waals surface area contributed by atoms with Gasteiger partial charge >= 0.3 is 0 Å². The molecular formula is C25H34O4. The Bertz CT molecular complexity index is 794.